The standard InChI is InChI=1S/C24H25NO4S/c1-3-14-7-9-15(10-8-14)16-13-20(26)25-18-12-17(19-6-5-11-30-19)22(23(27)21(16)18)24(28)29-4-2/h5-11,16-17,22H,3-4,12-13H2,1-2H3,(H,25,26). The molecule has 1 aliphatic heterocycles. The summed E-state index contributed by atoms with van der Waals surface area (Å²) >= 11 is 1.52. The van der Waals surface area contributed by atoms with Gasteiger partial charge in [-0.15, -0.1) is 11.3 Å². The summed E-state index contributed by atoms with van der Waals surface area (Å²) < 4.78 is 5.29. The number of esters is 1. The molecule has 0 bridgehead atoms. The van der Waals surface area contributed by atoms with Crippen LogP contribution in [0.15, 0.2) is 53.0 Å². The van der Waals surface area contributed by atoms with E-state index in [9.17, 15) is 14.4 Å². The normalized spacial score (nSPS) is 23.7. The first-order valence-corrected chi connectivity index (χ1v) is 11.3. The second-order valence-electron chi connectivity index (χ2n) is 7.71. The topological polar surface area (TPSA) is 72.5 Å². The number of ketones is 1. The third kappa shape index (κ3) is 3.72. The summed E-state index contributed by atoms with van der Waals surface area (Å²) in [5.41, 5.74) is 3.34. The molecule has 1 amide bonds. The van der Waals surface area contributed by atoms with Crippen LogP contribution in [0.25, 0.3) is 0 Å². The van der Waals surface area contributed by atoms with Gasteiger partial charge in [0.2, 0.25) is 5.91 Å². The van der Waals surface area contributed by atoms with Crippen molar-refractivity contribution in [3.8, 4) is 0 Å². The van der Waals surface area contributed by atoms with Crippen molar-refractivity contribution >= 4 is 29.0 Å². The first-order chi connectivity index (χ1) is 14.5. The van der Waals surface area contributed by atoms with Gasteiger partial charge in [0.15, 0.2) is 5.78 Å². The van der Waals surface area contributed by atoms with Crippen LogP contribution in [-0.4, -0.2) is 24.3 Å². The molecule has 0 saturated heterocycles. The predicted octanol–water partition coefficient (Wildman–Crippen LogP) is 4.10. The van der Waals surface area contributed by atoms with Crippen LogP contribution >= 0.6 is 11.3 Å². The van der Waals surface area contributed by atoms with Crippen LogP contribution in [0.3, 0.4) is 0 Å². The maximum absolute atomic E-state index is 13.7. The number of rotatable bonds is 5. The van der Waals surface area contributed by atoms with Crippen molar-refractivity contribution in [2.75, 3.05) is 6.61 Å². The zero-order valence-electron chi connectivity index (χ0n) is 17.1. The number of carbonyl (C=O) groups excluding carboxylic acids is 3. The number of benzene rings is 1. The maximum atomic E-state index is 13.7. The highest BCUT2D eigenvalue weighted by Crippen LogP contribution is 2.46. The van der Waals surface area contributed by atoms with Crippen LogP contribution in [0.4, 0.5) is 0 Å². The Labute approximate surface area is 180 Å². The third-order valence-electron chi connectivity index (χ3n) is 5.97. The number of nitrogens with one attached hydrogen (secondary N) is 1. The van der Waals surface area contributed by atoms with E-state index in [1.54, 1.807) is 6.92 Å². The van der Waals surface area contributed by atoms with E-state index in [1.807, 2.05) is 41.8 Å². The first-order valence-electron chi connectivity index (χ1n) is 10.4. The van der Waals surface area contributed by atoms with Crippen LogP contribution in [-0.2, 0) is 25.5 Å². The van der Waals surface area contributed by atoms with Crippen LogP contribution < -0.4 is 5.32 Å². The summed E-state index contributed by atoms with van der Waals surface area (Å²) in [5.74, 6) is -2.34. The van der Waals surface area contributed by atoms with Crippen molar-refractivity contribution in [1.29, 1.82) is 0 Å². The average Bonchev–Trinajstić information content (AvgIpc) is 3.27. The number of hydrogen-bond acceptors (Lipinski definition) is 5. The lowest BCUT2D eigenvalue weighted by Crippen LogP contribution is -2.44. The number of allylic oxidation sites excluding steroid dienone is 2. The van der Waals surface area contributed by atoms with Gasteiger partial charge in [-0.05, 0) is 42.3 Å². The first kappa shape index (κ1) is 20.5. The molecule has 2 aliphatic rings. The molecule has 6 heteroatoms. The largest absolute Gasteiger partial charge is 0.465 e. The molecule has 156 valence electrons. The molecular formula is C24H25NO4S. The highest BCUT2D eigenvalue weighted by Gasteiger charge is 2.47. The molecule has 30 heavy (non-hydrogen) atoms. The number of Topliss-reactive ketones (excluding diaryl/α,β-unsaturated/α-hetero) is 1. The predicted molar refractivity (Wildman–Crippen MR) is 115 cm³/mol. The highest BCUT2D eigenvalue weighted by molar-refractivity contribution is 7.10. The minimum Gasteiger partial charge on any atom is -0.465 e. The summed E-state index contributed by atoms with van der Waals surface area (Å²) in [6.45, 7) is 4.06. The molecule has 0 spiro atoms. The maximum Gasteiger partial charge on any atom is 0.317 e. The van der Waals surface area contributed by atoms with E-state index in [0.29, 0.717) is 17.7 Å². The minimum absolute atomic E-state index is 0.0920. The van der Waals surface area contributed by atoms with Gasteiger partial charge in [-0.2, -0.15) is 0 Å². The van der Waals surface area contributed by atoms with E-state index in [4.69, 9.17) is 4.74 Å². The van der Waals surface area contributed by atoms with Gasteiger partial charge in [0, 0.05) is 34.4 Å². The number of hydrogen-bond donors (Lipinski definition) is 1. The van der Waals surface area contributed by atoms with Crippen molar-refractivity contribution in [3.63, 3.8) is 0 Å². The van der Waals surface area contributed by atoms with Crippen LogP contribution in [0.1, 0.15) is 54.5 Å². The smallest absolute Gasteiger partial charge is 0.317 e. The summed E-state index contributed by atoms with van der Waals surface area (Å²) in [6.07, 6.45) is 1.57. The fraction of sp³-hybridized carbons (Fsp3) is 0.375. The van der Waals surface area contributed by atoms with E-state index in [-0.39, 0.29) is 36.6 Å². The Kier molecular flexibility index (Phi) is 5.86. The van der Waals surface area contributed by atoms with E-state index in [0.717, 1.165) is 16.9 Å². The second-order valence-corrected chi connectivity index (χ2v) is 8.69. The molecule has 1 aromatic carbocycles. The third-order valence-corrected chi connectivity index (χ3v) is 6.97. The Morgan fingerprint density at radius 3 is 2.53 bits per heavy atom. The van der Waals surface area contributed by atoms with Crippen molar-refractivity contribution in [2.45, 2.75) is 44.9 Å². The average molecular weight is 424 g/mol. The monoisotopic (exact) mass is 423 g/mol. The van der Waals surface area contributed by atoms with Crippen molar-refractivity contribution < 1.29 is 19.1 Å². The Morgan fingerprint density at radius 1 is 1.13 bits per heavy atom. The minimum atomic E-state index is -0.880. The molecular weight excluding hydrogens is 398 g/mol. The fourth-order valence-corrected chi connectivity index (χ4v) is 5.36. The van der Waals surface area contributed by atoms with E-state index >= 15 is 0 Å². The molecule has 0 radical (unpaired) electrons. The zero-order valence-corrected chi connectivity index (χ0v) is 18.0. The quantitative estimate of drug-likeness (QED) is 0.580. The fourth-order valence-electron chi connectivity index (χ4n) is 4.49. The Hall–Kier alpha value is -2.73. The number of aryl methyl sites for hydroxylation is 1. The van der Waals surface area contributed by atoms with Gasteiger partial charge < -0.3 is 10.1 Å². The molecule has 4 rings (SSSR count). The lowest BCUT2D eigenvalue weighted by atomic mass is 9.69. The lowest BCUT2D eigenvalue weighted by Gasteiger charge is -2.37. The molecule has 1 N–H and O–H groups in total. The summed E-state index contributed by atoms with van der Waals surface area (Å²) in [5, 5.41) is 4.86. The van der Waals surface area contributed by atoms with Gasteiger partial charge in [0.1, 0.15) is 5.92 Å². The van der Waals surface area contributed by atoms with Gasteiger partial charge in [-0.3, -0.25) is 14.4 Å². The van der Waals surface area contributed by atoms with Crippen molar-refractivity contribution in [3.05, 3.63) is 69.1 Å². The molecule has 1 aromatic heterocycles. The molecule has 3 unspecified atom stereocenters. The van der Waals surface area contributed by atoms with Crippen molar-refractivity contribution in [2.24, 2.45) is 5.92 Å². The SMILES string of the molecule is CCOC(=O)C1C(=O)C2=C(CC1c1cccs1)NC(=O)CC2c1ccc(CC)cc1. The van der Waals surface area contributed by atoms with Crippen LogP contribution in [0.5, 0.6) is 0 Å². The van der Waals surface area contributed by atoms with E-state index in [1.165, 1.54) is 16.9 Å². The molecule has 0 fully saturated rings. The summed E-state index contributed by atoms with van der Waals surface area (Å²) in [7, 11) is 0. The molecule has 2 heterocycles. The zero-order chi connectivity index (χ0) is 21.3. The number of ether oxygens (including phenoxy) is 1. The van der Waals surface area contributed by atoms with Crippen molar-refractivity contribution in [1.82, 2.24) is 5.32 Å². The van der Waals surface area contributed by atoms with Crippen LogP contribution in [0.2, 0.25) is 0 Å². The van der Waals surface area contributed by atoms with E-state index < -0.39 is 11.9 Å². The van der Waals surface area contributed by atoms with Gasteiger partial charge in [0.25, 0.3) is 0 Å². The Morgan fingerprint density at radius 2 is 1.90 bits per heavy atom. The highest BCUT2D eigenvalue weighted by atomic mass is 32.1. The van der Waals surface area contributed by atoms with Gasteiger partial charge in [0.05, 0.1) is 6.61 Å². The molecule has 3 atom stereocenters. The number of thiophene rings is 1. The van der Waals surface area contributed by atoms with Crippen LogP contribution in [0, 0.1) is 5.92 Å². The van der Waals surface area contributed by atoms with Gasteiger partial charge >= 0.3 is 5.97 Å². The van der Waals surface area contributed by atoms with Gasteiger partial charge in [-0.1, -0.05) is 37.3 Å². The molecule has 2 aromatic rings. The summed E-state index contributed by atoms with van der Waals surface area (Å²) in [6, 6.07) is 11.9. The number of amides is 1. The summed E-state index contributed by atoms with van der Waals surface area (Å²) in [4.78, 5) is 40.0. The Balaban J connectivity index is 1.78. The van der Waals surface area contributed by atoms with Gasteiger partial charge in [-0.25, -0.2) is 0 Å². The molecule has 5 nitrogen and oxygen atoms in total. The second kappa shape index (κ2) is 8.56. The molecule has 0 saturated carbocycles. The molecule has 1 aliphatic carbocycles. The van der Waals surface area contributed by atoms with E-state index in [2.05, 4.69) is 12.2 Å². The number of carbonyl (C=O) groups is 3. The Bertz CT molecular complexity index is 991. The lowest BCUT2D eigenvalue weighted by molar-refractivity contribution is -0.152.